The first kappa shape index (κ1) is 14.4. The van der Waals surface area contributed by atoms with Gasteiger partial charge in [-0.2, -0.15) is 0 Å². The number of hydrogen-bond acceptors (Lipinski definition) is 3. The van der Waals surface area contributed by atoms with Gasteiger partial charge >= 0.3 is 0 Å². The van der Waals surface area contributed by atoms with Crippen LogP contribution < -0.4 is 5.32 Å². The van der Waals surface area contributed by atoms with Gasteiger partial charge in [-0.05, 0) is 39.3 Å². The van der Waals surface area contributed by atoms with E-state index >= 15 is 0 Å². The molecular weight excluding hydrogens is 228 g/mol. The van der Waals surface area contributed by atoms with Crippen molar-refractivity contribution in [2.45, 2.75) is 40.5 Å². The molecule has 0 unspecified atom stereocenters. The third-order valence-corrected chi connectivity index (χ3v) is 3.32. The molecule has 0 aromatic carbocycles. The second kappa shape index (κ2) is 7.62. The number of aryl methyl sites for hydroxylation is 1. The third-order valence-electron chi connectivity index (χ3n) is 2.49. The van der Waals surface area contributed by atoms with Crippen LogP contribution in [0.4, 0.5) is 0 Å². The molecule has 17 heavy (non-hydrogen) atoms. The van der Waals surface area contributed by atoms with E-state index in [1.807, 2.05) is 0 Å². The molecule has 0 aliphatic carbocycles. The summed E-state index contributed by atoms with van der Waals surface area (Å²) in [4.78, 5) is 4.48. The van der Waals surface area contributed by atoms with E-state index in [1.165, 1.54) is 11.3 Å². The lowest BCUT2D eigenvalue weighted by molar-refractivity contribution is 0.556. The minimum Gasteiger partial charge on any atom is -0.316 e. The van der Waals surface area contributed by atoms with Crippen LogP contribution in [0.25, 0.3) is 0 Å². The predicted molar refractivity (Wildman–Crippen MR) is 76.6 cm³/mol. The van der Waals surface area contributed by atoms with Crippen molar-refractivity contribution in [3.05, 3.63) is 27.7 Å². The molecule has 0 saturated heterocycles. The summed E-state index contributed by atoms with van der Waals surface area (Å²) in [5.41, 5.74) is 2.62. The van der Waals surface area contributed by atoms with E-state index in [1.54, 1.807) is 11.3 Å². The van der Waals surface area contributed by atoms with Gasteiger partial charge in [-0.1, -0.05) is 25.5 Å². The lowest BCUT2D eigenvalue weighted by Crippen LogP contribution is -2.20. The zero-order chi connectivity index (χ0) is 12.7. The van der Waals surface area contributed by atoms with Gasteiger partial charge in [-0.25, -0.2) is 4.98 Å². The molecule has 2 nitrogen and oxygen atoms in total. The number of nitrogens with one attached hydrogen (secondary N) is 1. The van der Waals surface area contributed by atoms with E-state index in [9.17, 15) is 0 Å². The molecule has 3 heteroatoms. The van der Waals surface area contributed by atoms with Crippen molar-refractivity contribution < 1.29 is 0 Å². The SMILES string of the molecule is CC(=CCCNCC(C)C)Cc1csc(C)n1. The largest absolute Gasteiger partial charge is 0.316 e. The van der Waals surface area contributed by atoms with Crippen LogP contribution in [0.1, 0.15) is 37.9 Å². The summed E-state index contributed by atoms with van der Waals surface area (Å²) in [6.07, 6.45) is 4.43. The monoisotopic (exact) mass is 252 g/mol. The zero-order valence-corrected chi connectivity index (χ0v) is 12.2. The van der Waals surface area contributed by atoms with Crippen LogP contribution in [0.15, 0.2) is 17.0 Å². The first-order valence-electron chi connectivity index (χ1n) is 6.35. The zero-order valence-electron chi connectivity index (χ0n) is 11.4. The molecular formula is C14H24N2S. The number of hydrogen-bond donors (Lipinski definition) is 1. The van der Waals surface area contributed by atoms with Gasteiger partial charge in [0.25, 0.3) is 0 Å². The minimum absolute atomic E-state index is 0.734. The second-order valence-corrected chi connectivity index (χ2v) is 6.03. The molecule has 0 fully saturated rings. The van der Waals surface area contributed by atoms with Gasteiger partial charge in [0.05, 0.1) is 10.7 Å². The first-order valence-corrected chi connectivity index (χ1v) is 7.23. The molecule has 1 rings (SSSR count). The van der Waals surface area contributed by atoms with Crippen LogP contribution in [0.2, 0.25) is 0 Å². The highest BCUT2D eigenvalue weighted by Gasteiger charge is 1.99. The Balaban J connectivity index is 2.21. The molecule has 0 bridgehead atoms. The van der Waals surface area contributed by atoms with Gasteiger partial charge in [0.15, 0.2) is 0 Å². The van der Waals surface area contributed by atoms with Gasteiger partial charge in [-0.3, -0.25) is 0 Å². The average Bonchev–Trinajstić information content (AvgIpc) is 2.63. The maximum absolute atomic E-state index is 4.48. The van der Waals surface area contributed by atoms with Gasteiger partial charge in [0.2, 0.25) is 0 Å². The molecule has 1 aromatic rings. The summed E-state index contributed by atoms with van der Waals surface area (Å²) in [5, 5.41) is 6.77. The lowest BCUT2D eigenvalue weighted by atomic mass is 10.1. The molecule has 0 saturated carbocycles. The van der Waals surface area contributed by atoms with E-state index in [2.05, 4.69) is 49.5 Å². The van der Waals surface area contributed by atoms with Gasteiger partial charge in [0, 0.05) is 11.8 Å². The molecule has 1 N–H and O–H groups in total. The van der Waals surface area contributed by atoms with Gasteiger partial charge in [0.1, 0.15) is 0 Å². The van der Waals surface area contributed by atoms with E-state index in [4.69, 9.17) is 0 Å². The Bertz CT molecular complexity index is 353. The van der Waals surface area contributed by atoms with Crippen molar-refractivity contribution in [3.8, 4) is 0 Å². The fourth-order valence-electron chi connectivity index (χ4n) is 1.66. The number of thiazole rings is 1. The highest BCUT2D eigenvalue weighted by atomic mass is 32.1. The highest BCUT2D eigenvalue weighted by molar-refractivity contribution is 7.09. The van der Waals surface area contributed by atoms with Crippen molar-refractivity contribution >= 4 is 11.3 Å². The van der Waals surface area contributed by atoms with Crippen LogP contribution in [-0.4, -0.2) is 18.1 Å². The number of allylic oxidation sites excluding steroid dienone is 1. The lowest BCUT2D eigenvalue weighted by Gasteiger charge is -2.05. The summed E-state index contributed by atoms with van der Waals surface area (Å²) in [6.45, 7) is 10.9. The van der Waals surface area contributed by atoms with Crippen molar-refractivity contribution in [2.75, 3.05) is 13.1 Å². The Labute approximate surface area is 109 Å². The number of rotatable bonds is 7. The Hall–Kier alpha value is -0.670. The average molecular weight is 252 g/mol. The van der Waals surface area contributed by atoms with E-state index in [0.29, 0.717) is 0 Å². The third kappa shape index (κ3) is 6.59. The normalized spacial score (nSPS) is 12.4. The molecule has 1 aromatic heterocycles. The Kier molecular flexibility index (Phi) is 6.45. The van der Waals surface area contributed by atoms with E-state index < -0.39 is 0 Å². The van der Waals surface area contributed by atoms with Crippen molar-refractivity contribution in [2.24, 2.45) is 5.92 Å². The van der Waals surface area contributed by atoms with Crippen LogP contribution >= 0.6 is 11.3 Å². The van der Waals surface area contributed by atoms with Gasteiger partial charge in [-0.15, -0.1) is 11.3 Å². The highest BCUT2D eigenvalue weighted by Crippen LogP contribution is 2.12. The quantitative estimate of drug-likeness (QED) is 0.593. The summed E-state index contributed by atoms with van der Waals surface area (Å²) in [7, 11) is 0. The summed E-state index contributed by atoms with van der Waals surface area (Å²) < 4.78 is 0. The van der Waals surface area contributed by atoms with Crippen molar-refractivity contribution in [1.29, 1.82) is 0 Å². The smallest absolute Gasteiger partial charge is 0.0897 e. The molecule has 0 atom stereocenters. The standard InChI is InChI=1S/C14H24N2S/c1-11(2)9-15-7-5-6-12(3)8-14-10-17-13(4)16-14/h6,10-11,15H,5,7-9H2,1-4H3. The van der Waals surface area contributed by atoms with E-state index in [-0.39, 0.29) is 0 Å². The molecule has 0 aliphatic rings. The fourth-order valence-corrected chi connectivity index (χ4v) is 2.27. The molecule has 0 aliphatic heterocycles. The number of aromatic nitrogens is 1. The first-order chi connectivity index (χ1) is 8.08. The van der Waals surface area contributed by atoms with Crippen LogP contribution in [0.3, 0.4) is 0 Å². The van der Waals surface area contributed by atoms with Gasteiger partial charge < -0.3 is 5.32 Å². The molecule has 0 radical (unpaired) electrons. The summed E-state index contributed by atoms with van der Waals surface area (Å²) in [5.74, 6) is 0.734. The Morgan fingerprint density at radius 3 is 2.88 bits per heavy atom. The van der Waals surface area contributed by atoms with Crippen LogP contribution in [0.5, 0.6) is 0 Å². The fraction of sp³-hybridized carbons (Fsp3) is 0.643. The number of nitrogens with zero attached hydrogens (tertiary/aromatic N) is 1. The van der Waals surface area contributed by atoms with Crippen LogP contribution in [-0.2, 0) is 6.42 Å². The van der Waals surface area contributed by atoms with E-state index in [0.717, 1.165) is 36.9 Å². The minimum atomic E-state index is 0.734. The Morgan fingerprint density at radius 1 is 1.53 bits per heavy atom. The topological polar surface area (TPSA) is 24.9 Å². The van der Waals surface area contributed by atoms with Crippen molar-refractivity contribution in [3.63, 3.8) is 0 Å². The maximum Gasteiger partial charge on any atom is 0.0897 e. The molecule has 1 heterocycles. The molecule has 96 valence electrons. The maximum atomic E-state index is 4.48. The predicted octanol–water partition coefficient (Wildman–Crippen LogP) is 3.58. The van der Waals surface area contributed by atoms with Crippen molar-refractivity contribution in [1.82, 2.24) is 10.3 Å². The second-order valence-electron chi connectivity index (χ2n) is 4.97. The summed E-state index contributed by atoms with van der Waals surface area (Å²) >= 11 is 1.73. The Morgan fingerprint density at radius 2 is 2.29 bits per heavy atom. The molecule has 0 spiro atoms. The van der Waals surface area contributed by atoms with Crippen LogP contribution in [0, 0.1) is 12.8 Å². The summed E-state index contributed by atoms with van der Waals surface area (Å²) in [6, 6.07) is 0. The molecule has 0 amide bonds.